The first-order chi connectivity index (χ1) is 14.6. The van der Waals surface area contributed by atoms with Crippen LogP contribution < -0.4 is 0 Å². The van der Waals surface area contributed by atoms with E-state index in [1.54, 1.807) is 5.57 Å². The minimum absolute atomic E-state index is 0.0244. The average Bonchev–Trinajstić information content (AvgIpc) is 3.00. The quantitative estimate of drug-likeness (QED) is 0.436. The highest BCUT2D eigenvalue weighted by molar-refractivity contribution is 5.15. The average molecular weight is 429 g/mol. The van der Waals surface area contributed by atoms with Gasteiger partial charge in [-0.2, -0.15) is 0 Å². The Morgan fingerprint density at radius 2 is 1.61 bits per heavy atom. The van der Waals surface area contributed by atoms with Crippen LogP contribution in [0.2, 0.25) is 0 Å². The number of hydrogen-bond acceptors (Lipinski definition) is 1. The van der Waals surface area contributed by atoms with E-state index < -0.39 is 0 Å². The summed E-state index contributed by atoms with van der Waals surface area (Å²) in [6.45, 7) is 17.6. The molecular formula is C30H52O. The second-order valence-corrected chi connectivity index (χ2v) is 13.5. The third-order valence-electron chi connectivity index (χ3n) is 12.2. The fourth-order valence-corrected chi connectivity index (χ4v) is 9.96. The van der Waals surface area contributed by atoms with E-state index in [4.69, 9.17) is 0 Å². The monoisotopic (exact) mass is 428 g/mol. The smallest absolute Gasteiger partial charge is 0.0543 e. The van der Waals surface area contributed by atoms with Crippen LogP contribution in [-0.4, -0.2) is 11.2 Å². The predicted molar refractivity (Wildman–Crippen MR) is 133 cm³/mol. The molecule has 0 aliphatic heterocycles. The van der Waals surface area contributed by atoms with Crippen LogP contribution in [0.3, 0.4) is 0 Å². The molecule has 0 saturated heterocycles. The highest BCUT2D eigenvalue weighted by Crippen LogP contribution is 2.73. The van der Waals surface area contributed by atoms with E-state index in [9.17, 15) is 5.11 Å². The molecule has 4 fully saturated rings. The molecule has 1 nitrogen and oxygen atoms in total. The van der Waals surface area contributed by atoms with E-state index in [2.05, 4.69) is 54.5 Å². The third kappa shape index (κ3) is 3.68. The Bertz CT molecular complexity index is 678. The standard InChI is InChI=1S/C30H52O/c1-8-22(20(2)3)10-9-21(4)25-14-17-30(7)27-12-11-23-19-24(31)13-16-28(23,5)26(27)15-18-29(25,30)6/h8,20-21,23-27,31H,9-19H2,1-7H3/b22-8-/t21-,23+,24+,25-,26+,27-,28+,29-,30+/m1/s1. The third-order valence-corrected chi connectivity index (χ3v) is 12.2. The van der Waals surface area contributed by atoms with Crippen LogP contribution in [-0.2, 0) is 0 Å². The van der Waals surface area contributed by atoms with Crippen molar-refractivity contribution in [1.29, 1.82) is 0 Å². The zero-order chi connectivity index (χ0) is 22.6. The number of aliphatic hydroxyl groups excluding tert-OH is 1. The van der Waals surface area contributed by atoms with E-state index in [0.29, 0.717) is 22.2 Å². The molecule has 0 unspecified atom stereocenters. The summed E-state index contributed by atoms with van der Waals surface area (Å²) in [7, 11) is 0. The Balaban J connectivity index is 1.52. The first-order valence-corrected chi connectivity index (χ1v) is 13.9. The molecule has 0 bridgehead atoms. The van der Waals surface area contributed by atoms with Crippen molar-refractivity contribution in [2.45, 2.75) is 125 Å². The van der Waals surface area contributed by atoms with Gasteiger partial charge in [0.2, 0.25) is 0 Å². The summed E-state index contributed by atoms with van der Waals surface area (Å²) in [6.07, 6.45) is 17.1. The van der Waals surface area contributed by atoms with Crippen LogP contribution in [0.25, 0.3) is 0 Å². The van der Waals surface area contributed by atoms with Crippen molar-refractivity contribution in [2.24, 2.45) is 51.8 Å². The number of allylic oxidation sites excluding steroid dienone is 2. The first-order valence-electron chi connectivity index (χ1n) is 13.9. The second-order valence-electron chi connectivity index (χ2n) is 13.5. The summed E-state index contributed by atoms with van der Waals surface area (Å²) < 4.78 is 0. The Kier molecular flexibility index (Phi) is 6.53. The van der Waals surface area contributed by atoms with Gasteiger partial charge in [0.25, 0.3) is 0 Å². The minimum atomic E-state index is -0.0244. The number of aliphatic hydroxyl groups is 1. The van der Waals surface area contributed by atoms with Gasteiger partial charge in [0.1, 0.15) is 0 Å². The van der Waals surface area contributed by atoms with Crippen molar-refractivity contribution in [3.05, 3.63) is 11.6 Å². The van der Waals surface area contributed by atoms with Crippen LogP contribution in [0.1, 0.15) is 119 Å². The molecule has 4 rings (SSSR count). The molecule has 4 aliphatic carbocycles. The van der Waals surface area contributed by atoms with E-state index in [1.807, 2.05) is 0 Å². The van der Waals surface area contributed by atoms with Gasteiger partial charge in [-0.05, 0) is 129 Å². The fourth-order valence-electron chi connectivity index (χ4n) is 9.96. The molecule has 0 heterocycles. The summed E-state index contributed by atoms with van der Waals surface area (Å²) in [6, 6.07) is 0. The molecule has 1 heteroatoms. The Morgan fingerprint density at radius 1 is 0.903 bits per heavy atom. The van der Waals surface area contributed by atoms with Gasteiger partial charge in [0.05, 0.1) is 6.10 Å². The zero-order valence-corrected chi connectivity index (χ0v) is 21.8. The van der Waals surface area contributed by atoms with Crippen LogP contribution in [0.15, 0.2) is 11.6 Å². The molecule has 4 aliphatic rings. The molecule has 0 spiro atoms. The molecule has 0 aromatic rings. The molecule has 31 heavy (non-hydrogen) atoms. The summed E-state index contributed by atoms with van der Waals surface area (Å²) in [5, 5.41) is 10.3. The zero-order valence-electron chi connectivity index (χ0n) is 21.8. The van der Waals surface area contributed by atoms with Crippen molar-refractivity contribution >= 4 is 0 Å². The van der Waals surface area contributed by atoms with Gasteiger partial charge in [-0.3, -0.25) is 0 Å². The maximum Gasteiger partial charge on any atom is 0.0543 e. The SMILES string of the molecule is C/C=C(/CC[C@@H](C)[C@H]1CC[C@@]2(C)[C@@H]3CC[C@H]4C[C@@H](O)CC[C@]4(C)[C@H]3CC[C@]12C)C(C)C. The Hall–Kier alpha value is -0.300. The van der Waals surface area contributed by atoms with Gasteiger partial charge in [0.15, 0.2) is 0 Å². The van der Waals surface area contributed by atoms with Crippen molar-refractivity contribution in [3.8, 4) is 0 Å². The highest BCUT2D eigenvalue weighted by atomic mass is 16.3. The van der Waals surface area contributed by atoms with Gasteiger partial charge < -0.3 is 5.11 Å². The lowest BCUT2D eigenvalue weighted by Gasteiger charge is -2.65. The van der Waals surface area contributed by atoms with Gasteiger partial charge in [0, 0.05) is 0 Å². The summed E-state index contributed by atoms with van der Waals surface area (Å²) in [5.74, 6) is 5.04. The highest BCUT2D eigenvalue weighted by Gasteiger charge is 2.65. The molecule has 0 radical (unpaired) electrons. The van der Waals surface area contributed by atoms with Crippen molar-refractivity contribution < 1.29 is 5.11 Å². The lowest BCUT2D eigenvalue weighted by Crippen LogP contribution is -2.58. The largest absolute Gasteiger partial charge is 0.393 e. The Morgan fingerprint density at radius 3 is 2.29 bits per heavy atom. The van der Waals surface area contributed by atoms with Crippen LogP contribution in [0.5, 0.6) is 0 Å². The van der Waals surface area contributed by atoms with Crippen LogP contribution in [0, 0.1) is 51.8 Å². The topological polar surface area (TPSA) is 20.2 Å². The summed E-state index contributed by atoms with van der Waals surface area (Å²) in [5.41, 5.74) is 3.21. The van der Waals surface area contributed by atoms with E-state index in [1.165, 1.54) is 57.8 Å². The lowest BCUT2D eigenvalue weighted by molar-refractivity contribution is -0.165. The van der Waals surface area contributed by atoms with Gasteiger partial charge in [-0.25, -0.2) is 0 Å². The number of hydrogen-bond donors (Lipinski definition) is 1. The van der Waals surface area contributed by atoms with E-state index in [0.717, 1.165) is 42.4 Å². The molecule has 178 valence electrons. The maximum absolute atomic E-state index is 10.3. The molecular weight excluding hydrogens is 376 g/mol. The van der Waals surface area contributed by atoms with Gasteiger partial charge in [-0.1, -0.05) is 53.2 Å². The lowest BCUT2D eigenvalue weighted by atomic mass is 9.40. The summed E-state index contributed by atoms with van der Waals surface area (Å²) >= 11 is 0. The van der Waals surface area contributed by atoms with Crippen molar-refractivity contribution in [1.82, 2.24) is 0 Å². The summed E-state index contributed by atoms with van der Waals surface area (Å²) in [4.78, 5) is 0. The first kappa shape index (κ1) is 23.8. The minimum Gasteiger partial charge on any atom is -0.393 e. The Labute approximate surface area is 193 Å². The van der Waals surface area contributed by atoms with Gasteiger partial charge in [-0.15, -0.1) is 0 Å². The fraction of sp³-hybridized carbons (Fsp3) is 0.933. The molecule has 4 saturated carbocycles. The maximum atomic E-state index is 10.3. The normalized spacial score (nSPS) is 48.8. The molecule has 0 amide bonds. The number of rotatable bonds is 5. The molecule has 0 aromatic carbocycles. The van der Waals surface area contributed by atoms with E-state index in [-0.39, 0.29) is 6.10 Å². The predicted octanol–water partition coefficient (Wildman–Crippen LogP) is 8.41. The van der Waals surface area contributed by atoms with Crippen LogP contribution >= 0.6 is 0 Å². The van der Waals surface area contributed by atoms with Crippen molar-refractivity contribution in [3.63, 3.8) is 0 Å². The number of fused-ring (bicyclic) bond motifs is 5. The van der Waals surface area contributed by atoms with E-state index >= 15 is 0 Å². The van der Waals surface area contributed by atoms with Crippen LogP contribution in [0.4, 0.5) is 0 Å². The van der Waals surface area contributed by atoms with Crippen molar-refractivity contribution in [2.75, 3.05) is 0 Å². The molecule has 9 atom stereocenters. The van der Waals surface area contributed by atoms with Gasteiger partial charge >= 0.3 is 0 Å². The molecule has 0 aromatic heterocycles. The second kappa shape index (κ2) is 8.48. The molecule has 1 N–H and O–H groups in total.